The Morgan fingerprint density at radius 2 is 2.33 bits per heavy atom. The monoisotopic (exact) mass is 230 g/mol. The number of nitrogens with zero attached hydrogens (tertiary/aromatic N) is 2. The molecular formula is C8H14N4O2S. The molecule has 0 spiro atoms. The second-order valence-electron chi connectivity index (χ2n) is 3.61. The van der Waals surface area contributed by atoms with Crippen LogP contribution in [0.5, 0.6) is 0 Å². The van der Waals surface area contributed by atoms with Gasteiger partial charge in [-0.3, -0.25) is 0 Å². The first-order chi connectivity index (χ1) is 7.04. The lowest BCUT2D eigenvalue weighted by Gasteiger charge is -2.04. The van der Waals surface area contributed by atoms with E-state index in [4.69, 9.17) is 5.73 Å². The van der Waals surface area contributed by atoms with E-state index >= 15 is 0 Å². The largest absolute Gasteiger partial charge is 0.383 e. The molecule has 1 aliphatic rings. The number of hydrogen-bond acceptors (Lipinski definition) is 4. The number of aromatic nitrogens is 2. The molecule has 2 rings (SSSR count). The van der Waals surface area contributed by atoms with Gasteiger partial charge in [-0.25, -0.2) is 17.8 Å². The summed E-state index contributed by atoms with van der Waals surface area (Å²) in [6.07, 6.45) is 3.10. The van der Waals surface area contributed by atoms with Crippen molar-refractivity contribution in [2.24, 2.45) is 0 Å². The topological polar surface area (TPSA) is 90.0 Å². The average molecular weight is 230 g/mol. The fraction of sp³-hybridized carbons (Fsp3) is 0.625. The second kappa shape index (κ2) is 3.49. The zero-order valence-corrected chi connectivity index (χ0v) is 9.29. The van der Waals surface area contributed by atoms with Crippen LogP contribution in [-0.4, -0.2) is 24.2 Å². The predicted molar refractivity (Wildman–Crippen MR) is 55.7 cm³/mol. The van der Waals surface area contributed by atoms with Gasteiger partial charge >= 0.3 is 0 Å². The summed E-state index contributed by atoms with van der Waals surface area (Å²) in [4.78, 5) is 0.0799. The van der Waals surface area contributed by atoms with Gasteiger partial charge in [-0.15, -0.1) is 0 Å². The number of nitrogen functional groups attached to an aromatic ring is 1. The molecule has 0 bridgehead atoms. The maximum atomic E-state index is 11.8. The number of hydrogen-bond donors (Lipinski definition) is 2. The Morgan fingerprint density at radius 3 is 2.80 bits per heavy atom. The smallest absolute Gasteiger partial charge is 0.246 e. The standard InChI is InChI=1S/C8H14N4O2S/c1-2-12-8(9)7(5-10-12)15(13,14)11-6-3-4-6/h5-6,11H,2-4,9H2,1H3. The third-order valence-electron chi connectivity index (χ3n) is 2.33. The first-order valence-corrected chi connectivity index (χ1v) is 6.36. The molecule has 15 heavy (non-hydrogen) atoms. The highest BCUT2D eigenvalue weighted by Gasteiger charge is 2.30. The van der Waals surface area contributed by atoms with Gasteiger partial charge in [0.05, 0.1) is 6.20 Å². The van der Waals surface area contributed by atoms with Gasteiger partial charge < -0.3 is 5.73 Å². The van der Waals surface area contributed by atoms with Crippen LogP contribution in [0.4, 0.5) is 5.82 Å². The van der Waals surface area contributed by atoms with Crippen molar-refractivity contribution in [3.63, 3.8) is 0 Å². The lowest BCUT2D eigenvalue weighted by atomic mass is 10.6. The summed E-state index contributed by atoms with van der Waals surface area (Å²) in [5, 5.41) is 3.90. The Balaban J connectivity index is 2.30. The number of aryl methyl sites for hydroxylation is 1. The highest BCUT2D eigenvalue weighted by Crippen LogP contribution is 2.24. The Hall–Kier alpha value is -1.08. The van der Waals surface area contributed by atoms with E-state index in [-0.39, 0.29) is 16.8 Å². The maximum Gasteiger partial charge on any atom is 0.246 e. The van der Waals surface area contributed by atoms with Crippen molar-refractivity contribution in [1.82, 2.24) is 14.5 Å². The van der Waals surface area contributed by atoms with Gasteiger partial charge in [0.25, 0.3) is 0 Å². The van der Waals surface area contributed by atoms with Crippen LogP contribution < -0.4 is 10.5 Å². The summed E-state index contributed by atoms with van der Waals surface area (Å²) in [7, 11) is -3.48. The van der Waals surface area contributed by atoms with Gasteiger partial charge in [-0.2, -0.15) is 5.10 Å². The minimum absolute atomic E-state index is 0.0799. The van der Waals surface area contributed by atoms with E-state index in [0.29, 0.717) is 6.54 Å². The van der Waals surface area contributed by atoms with Crippen molar-refractivity contribution in [2.75, 3.05) is 5.73 Å². The molecule has 0 atom stereocenters. The average Bonchev–Trinajstić information content (AvgIpc) is 2.86. The SMILES string of the molecule is CCn1ncc(S(=O)(=O)NC2CC2)c1N. The molecule has 0 radical (unpaired) electrons. The fourth-order valence-electron chi connectivity index (χ4n) is 1.32. The lowest BCUT2D eigenvalue weighted by molar-refractivity contribution is 0.581. The molecule has 1 aromatic heterocycles. The second-order valence-corrected chi connectivity index (χ2v) is 5.29. The first-order valence-electron chi connectivity index (χ1n) is 4.88. The van der Waals surface area contributed by atoms with Crippen LogP contribution in [0.1, 0.15) is 19.8 Å². The molecule has 1 fully saturated rings. The summed E-state index contributed by atoms with van der Waals surface area (Å²) < 4.78 is 27.6. The summed E-state index contributed by atoms with van der Waals surface area (Å²) in [6, 6.07) is 0.0828. The van der Waals surface area contributed by atoms with E-state index in [1.165, 1.54) is 10.9 Å². The van der Waals surface area contributed by atoms with Crippen molar-refractivity contribution in [2.45, 2.75) is 37.2 Å². The first kappa shape index (κ1) is 10.4. The highest BCUT2D eigenvalue weighted by atomic mass is 32.2. The van der Waals surface area contributed by atoms with Gasteiger partial charge in [0.1, 0.15) is 10.7 Å². The van der Waals surface area contributed by atoms with Crippen molar-refractivity contribution >= 4 is 15.8 Å². The molecular weight excluding hydrogens is 216 g/mol. The zero-order valence-electron chi connectivity index (χ0n) is 8.47. The molecule has 0 aliphatic heterocycles. The maximum absolute atomic E-state index is 11.8. The molecule has 1 aliphatic carbocycles. The van der Waals surface area contributed by atoms with Crippen LogP contribution >= 0.6 is 0 Å². The van der Waals surface area contributed by atoms with Gasteiger partial charge in [0, 0.05) is 12.6 Å². The van der Waals surface area contributed by atoms with Crippen LogP contribution in [0.3, 0.4) is 0 Å². The molecule has 1 aromatic rings. The van der Waals surface area contributed by atoms with E-state index in [0.717, 1.165) is 12.8 Å². The number of nitrogens with two attached hydrogens (primary N) is 1. The van der Waals surface area contributed by atoms with Gasteiger partial charge in [0.15, 0.2) is 0 Å². The third kappa shape index (κ3) is 1.98. The normalized spacial score (nSPS) is 16.9. The minimum atomic E-state index is -3.48. The molecule has 7 heteroatoms. The van der Waals surface area contributed by atoms with E-state index in [9.17, 15) is 8.42 Å². The molecule has 84 valence electrons. The Morgan fingerprint density at radius 1 is 1.67 bits per heavy atom. The van der Waals surface area contributed by atoms with Crippen LogP contribution in [0.25, 0.3) is 0 Å². The third-order valence-corrected chi connectivity index (χ3v) is 3.87. The summed E-state index contributed by atoms with van der Waals surface area (Å²) >= 11 is 0. The minimum Gasteiger partial charge on any atom is -0.383 e. The Labute approximate surface area is 88.5 Å². The molecule has 0 saturated heterocycles. The van der Waals surface area contributed by atoms with Gasteiger partial charge in [0.2, 0.25) is 10.0 Å². The van der Waals surface area contributed by atoms with E-state index in [2.05, 4.69) is 9.82 Å². The Bertz CT molecular complexity index is 461. The van der Waals surface area contributed by atoms with Crippen LogP contribution in [0.2, 0.25) is 0 Å². The molecule has 1 heterocycles. The van der Waals surface area contributed by atoms with Crippen LogP contribution in [0, 0.1) is 0 Å². The number of nitrogens with one attached hydrogen (secondary N) is 1. The van der Waals surface area contributed by atoms with Crippen molar-refractivity contribution in [1.29, 1.82) is 0 Å². The molecule has 0 amide bonds. The number of anilines is 1. The quantitative estimate of drug-likeness (QED) is 0.757. The molecule has 0 unspecified atom stereocenters. The van der Waals surface area contributed by atoms with Crippen molar-refractivity contribution in [3.05, 3.63) is 6.20 Å². The van der Waals surface area contributed by atoms with Gasteiger partial charge in [-0.05, 0) is 19.8 Å². The molecule has 1 saturated carbocycles. The van der Waals surface area contributed by atoms with E-state index in [1.807, 2.05) is 6.92 Å². The van der Waals surface area contributed by atoms with Crippen LogP contribution in [0.15, 0.2) is 11.1 Å². The fourth-order valence-corrected chi connectivity index (χ4v) is 2.69. The number of sulfonamides is 1. The van der Waals surface area contributed by atoms with E-state index in [1.54, 1.807) is 0 Å². The lowest BCUT2D eigenvalue weighted by Crippen LogP contribution is -2.26. The summed E-state index contributed by atoms with van der Waals surface area (Å²) in [5.74, 6) is 0.200. The van der Waals surface area contributed by atoms with Crippen LogP contribution in [-0.2, 0) is 16.6 Å². The molecule has 0 aromatic carbocycles. The highest BCUT2D eigenvalue weighted by molar-refractivity contribution is 7.89. The van der Waals surface area contributed by atoms with Crippen molar-refractivity contribution < 1.29 is 8.42 Å². The van der Waals surface area contributed by atoms with E-state index < -0.39 is 10.0 Å². The zero-order chi connectivity index (χ0) is 11.1. The predicted octanol–water partition coefficient (Wildman–Crippen LogP) is -0.0741. The molecule has 6 nitrogen and oxygen atoms in total. The summed E-state index contributed by atoms with van der Waals surface area (Å²) in [6.45, 7) is 2.42. The number of rotatable bonds is 4. The van der Waals surface area contributed by atoms with Crippen molar-refractivity contribution in [3.8, 4) is 0 Å². The molecule has 3 N–H and O–H groups in total. The Kier molecular flexibility index (Phi) is 2.43. The summed E-state index contributed by atoms with van der Waals surface area (Å²) in [5.41, 5.74) is 5.68. The van der Waals surface area contributed by atoms with Gasteiger partial charge in [-0.1, -0.05) is 0 Å².